The van der Waals surface area contributed by atoms with Crippen molar-refractivity contribution < 1.29 is 4.74 Å². The molecule has 3 rings (SSSR count). The van der Waals surface area contributed by atoms with Crippen LogP contribution in [-0.2, 0) is 11.3 Å². The maximum Gasteiger partial charge on any atom is 0.127 e. The second kappa shape index (κ2) is 6.04. The molecule has 20 heavy (non-hydrogen) atoms. The number of aromatic nitrogens is 2. The highest BCUT2D eigenvalue weighted by Crippen LogP contribution is 2.29. The van der Waals surface area contributed by atoms with Gasteiger partial charge in [-0.05, 0) is 43.9 Å². The van der Waals surface area contributed by atoms with E-state index in [2.05, 4.69) is 31.5 Å². The summed E-state index contributed by atoms with van der Waals surface area (Å²) in [5, 5.41) is -0.107. The Morgan fingerprint density at radius 2 is 2.30 bits per heavy atom. The van der Waals surface area contributed by atoms with Gasteiger partial charge in [0.05, 0.1) is 23.0 Å². The Morgan fingerprint density at radius 1 is 1.50 bits per heavy atom. The van der Waals surface area contributed by atoms with E-state index in [9.17, 15) is 0 Å². The SMILES string of the molecule is CC(Cl)c1nc2ccc(Br)cc2n1CCOCC1CC1. The lowest BCUT2D eigenvalue weighted by Crippen LogP contribution is -2.11. The lowest BCUT2D eigenvalue weighted by molar-refractivity contribution is 0.117. The number of fused-ring (bicyclic) bond motifs is 1. The minimum Gasteiger partial charge on any atom is -0.379 e. The molecule has 5 heteroatoms. The molecule has 0 spiro atoms. The maximum absolute atomic E-state index is 6.26. The van der Waals surface area contributed by atoms with Crippen LogP contribution in [0.2, 0.25) is 0 Å². The highest BCUT2D eigenvalue weighted by Gasteiger charge is 2.21. The Kier molecular flexibility index (Phi) is 4.34. The molecule has 1 aliphatic rings. The molecule has 3 nitrogen and oxygen atoms in total. The van der Waals surface area contributed by atoms with E-state index in [1.165, 1.54) is 12.8 Å². The van der Waals surface area contributed by atoms with Crippen LogP contribution in [-0.4, -0.2) is 22.8 Å². The first-order valence-electron chi connectivity index (χ1n) is 7.02. The van der Waals surface area contributed by atoms with Crippen LogP contribution in [0.3, 0.4) is 0 Å². The van der Waals surface area contributed by atoms with E-state index in [1.807, 2.05) is 19.1 Å². The number of nitrogens with zero attached hydrogens (tertiary/aromatic N) is 2. The first-order valence-corrected chi connectivity index (χ1v) is 8.25. The minimum absolute atomic E-state index is 0.107. The number of hydrogen-bond donors (Lipinski definition) is 0. The summed E-state index contributed by atoms with van der Waals surface area (Å²) in [5.41, 5.74) is 2.09. The lowest BCUT2D eigenvalue weighted by Gasteiger charge is -2.11. The molecular weight excluding hydrogens is 340 g/mol. The highest BCUT2D eigenvalue weighted by atomic mass is 79.9. The van der Waals surface area contributed by atoms with Crippen LogP contribution in [0.5, 0.6) is 0 Å². The summed E-state index contributed by atoms with van der Waals surface area (Å²) in [7, 11) is 0. The van der Waals surface area contributed by atoms with E-state index in [0.717, 1.165) is 40.4 Å². The maximum atomic E-state index is 6.26. The zero-order valence-electron chi connectivity index (χ0n) is 11.5. The summed E-state index contributed by atoms with van der Waals surface area (Å²) in [6.07, 6.45) is 2.65. The van der Waals surface area contributed by atoms with Crippen LogP contribution in [0.1, 0.15) is 31.0 Å². The number of rotatable bonds is 6. The van der Waals surface area contributed by atoms with Crippen molar-refractivity contribution in [3.63, 3.8) is 0 Å². The molecule has 1 aliphatic carbocycles. The van der Waals surface area contributed by atoms with E-state index in [4.69, 9.17) is 16.3 Å². The third kappa shape index (κ3) is 3.18. The molecule has 0 saturated heterocycles. The summed E-state index contributed by atoms with van der Waals surface area (Å²) in [6, 6.07) is 6.11. The van der Waals surface area contributed by atoms with Gasteiger partial charge in [-0.2, -0.15) is 0 Å². The van der Waals surface area contributed by atoms with Crippen molar-refractivity contribution in [2.75, 3.05) is 13.2 Å². The molecule has 1 fully saturated rings. The quantitative estimate of drug-likeness (QED) is 0.561. The summed E-state index contributed by atoms with van der Waals surface area (Å²) in [6.45, 7) is 4.36. The number of benzene rings is 1. The van der Waals surface area contributed by atoms with Crippen molar-refractivity contribution in [2.24, 2.45) is 5.92 Å². The largest absolute Gasteiger partial charge is 0.379 e. The van der Waals surface area contributed by atoms with Gasteiger partial charge in [0.25, 0.3) is 0 Å². The average Bonchev–Trinajstić information content (AvgIpc) is 3.16. The molecular formula is C15H18BrClN2O. The van der Waals surface area contributed by atoms with Crippen LogP contribution < -0.4 is 0 Å². The Morgan fingerprint density at radius 3 is 3.00 bits per heavy atom. The molecule has 1 saturated carbocycles. The Balaban J connectivity index is 1.81. The average molecular weight is 358 g/mol. The zero-order valence-corrected chi connectivity index (χ0v) is 13.8. The van der Waals surface area contributed by atoms with E-state index < -0.39 is 0 Å². The van der Waals surface area contributed by atoms with Gasteiger partial charge >= 0.3 is 0 Å². The summed E-state index contributed by atoms with van der Waals surface area (Å²) >= 11 is 9.77. The molecule has 1 aromatic heterocycles. The predicted molar refractivity (Wildman–Crippen MR) is 85.2 cm³/mol. The van der Waals surface area contributed by atoms with Crippen molar-refractivity contribution in [1.29, 1.82) is 0 Å². The molecule has 0 amide bonds. The number of hydrogen-bond acceptors (Lipinski definition) is 2. The number of halogens is 2. The van der Waals surface area contributed by atoms with Gasteiger partial charge in [-0.15, -0.1) is 11.6 Å². The van der Waals surface area contributed by atoms with Gasteiger partial charge in [0.15, 0.2) is 0 Å². The van der Waals surface area contributed by atoms with Crippen LogP contribution in [0.25, 0.3) is 11.0 Å². The first-order chi connectivity index (χ1) is 9.65. The zero-order chi connectivity index (χ0) is 14.1. The van der Waals surface area contributed by atoms with E-state index >= 15 is 0 Å². The molecule has 0 aliphatic heterocycles. The van der Waals surface area contributed by atoms with E-state index in [-0.39, 0.29) is 5.38 Å². The van der Waals surface area contributed by atoms with Crippen LogP contribution in [0.15, 0.2) is 22.7 Å². The molecule has 0 bridgehead atoms. The molecule has 1 heterocycles. The highest BCUT2D eigenvalue weighted by molar-refractivity contribution is 9.10. The monoisotopic (exact) mass is 356 g/mol. The molecule has 2 aromatic rings. The molecule has 0 N–H and O–H groups in total. The first kappa shape index (κ1) is 14.4. The van der Waals surface area contributed by atoms with E-state index in [1.54, 1.807) is 0 Å². The van der Waals surface area contributed by atoms with Gasteiger partial charge in [-0.25, -0.2) is 4.98 Å². The fraction of sp³-hybridized carbons (Fsp3) is 0.533. The molecule has 0 radical (unpaired) electrons. The van der Waals surface area contributed by atoms with Gasteiger partial charge in [-0.3, -0.25) is 0 Å². The third-order valence-corrected chi connectivity index (χ3v) is 4.29. The van der Waals surface area contributed by atoms with Gasteiger partial charge in [0, 0.05) is 17.6 Å². The Bertz CT molecular complexity index is 607. The lowest BCUT2D eigenvalue weighted by atomic mass is 10.3. The Hall–Kier alpha value is -0.580. The summed E-state index contributed by atoms with van der Waals surface area (Å²) in [4.78, 5) is 4.63. The second-order valence-corrected chi connectivity index (χ2v) is 6.96. The van der Waals surface area contributed by atoms with Crippen molar-refractivity contribution in [2.45, 2.75) is 31.7 Å². The molecule has 1 aromatic carbocycles. The van der Waals surface area contributed by atoms with Gasteiger partial charge in [-0.1, -0.05) is 15.9 Å². The summed E-state index contributed by atoms with van der Waals surface area (Å²) in [5.74, 6) is 1.71. The second-order valence-electron chi connectivity index (χ2n) is 5.39. The predicted octanol–water partition coefficient (Wildman–Crippen LogP) is 4.53. The number of ether oxygens (including phenoxy) is 1. The summed E-state index contributed by atoms with van der Waals surface area (Å²) < 4.78 is 8.97. The molecule has 1 atom stereocenters. The number of alkyl halides is 1. The van der Waals surface area contributed by atoms with Crippen molar-refractivity contribution in [3.8, 4) is 0 Å². The molecule has 108 valence electrons. The normalized spacial score (nSPS) is 16.8. The molecule has 1 unspecified atom stereocenters. The topological polar surface area (TPSA) is 27.1 Å². The van der Waals surface area contributed by atoms with Crippen LogP contribution in [0.4, 0.5) is 0 Å². The van der Waals surface area contributed by atoms with E-state index in [0.29, 0.717) is 6.61 Å². The third-order valence-electron chi connectivity index (χ3n) is 3.61. The minimum atomic E-state index is -0.107. The Labute approximate surface area is 132 Å². The van der Waals surface area contributed by atoms with Gasteiger partial charge in [0.2, 0.25) is 0 Å². The smallest absolute Gasteiger partial charge is 0.127 e. The van der Waals surface area contributed by atoms with Gasteiger partial charge in [0.1, 0.15) is 5.82 Å². The fourth-order valence-corrected chi connectivity index (χ4v) is 2.86. The van der Waals surface area contributed by atoms with Crippen molar-refractivity contribution in [1.82, 2.24) is 9.55 Å². The fourth-order valence-electron chi connectivity index (χ4n) is 2.34. The standard InChI is InChI=1S/C15H18BrClN2O/c1-10(17)15-18-13-5-4-12(16)8-14(13)19(15)6-7-20-9-11-2-3-11/h4-5,8,10-11H,2-3,6-7,9H2,1H3. The van der Waals surface area contributed by atoms with Crippen LogP contribution >= 0.6 is 27.5 Å². The van der Waals surface area contributed by atoms with Crippen molar-refractivity contribution in [3.05, 3.63) is 28.5 Å². The van der Waals surface area contributed by atoms with Crippen LogP contribution in [0, 0.1) is 5.92 Å². The van der Waals surface area contributed by atoms with Crippen molar-refractivity contribution >= 4 is 38.6 Å². The number of imidazole rings is 1. The van der Waals surface area contributed by atoms with Gasteiger partial charge < -0.3 is 9.30 Å².